The van der Waals surface area contributed by atoms with Crippen LogP contribution in [-0.4, -0.2) is 36.2 Å². The Morgan fingerprint density at radius 1 is 1.41 bits per heavy atom. The number of carbonyl (C=O) groups is 1. The van der Waals surface area contributed by atoms with Crippen molar-refractivity contribution in [1.82, 2.24) is 4.90 Å². The van der Waals surface area contributed by atoms with Crippen LogP contribution in [0.15, 0.2) is 24.3 Å². The maximum Gasteiger partial charge on any atom is 0.317 e. The van der Waals surface area contributed by atoms with E-state index in [-0.39, 0.29) is 6.54 Å². The Balaban J connectivity index is 2.74. The number of methoxy groups -OCH3 is 1. The maximum atomic E-state index is 10.8. The Morgan fingerprint density at radius 2 is 2.12 bits per heavy atom. The van der Waals surface area contributed by atoms with E-state index in [4.69, 9.17) is 9.84 Å². The monoisotopic (exact) mass is 237 g/mol. The topological polar surface area (TPSA) is 49.8 Å². The first-order valence-electron chi connectivity index (χ1n) is 5.73. The van der Waals surface area contributed by atoms with Crippen LogP contribution in [0.4, 0.5) is 0 Å². The second-order valence-electron chi connectivity index (χ2n) is 3.92. The van der Waals surface area contributed by atoms with E-state index in [1.807, 2.05) is 36.1 Å². The largest absolute Gasteiger partial charge is 0.496 e. The lowest BCUT2D eigenvalue weighted by molar-refractivity contribution is -0.138. The van der Waals surface area contributed by atoms with Crippen molar-refractivity contribution in [2.45, 2.75) is 19.9 Å². The first-order chi connectivity index (χ1) is 8.17. The molecule has 4 nitrogen and oxygen atoms in total. The molecule has 94 valence electrons. The van der Waals surface area contributed by atoms with Crippen LogP contribution in [0.25, 0.3) is 0 Å². The van der Waals surface area contributed by atoms with Gasteiger partial charge in [0.2, 0.25) is 0 Å². The zero-order valence-electron chi connectivity index (χ0n) is 10.3. The van der Waals surface area contributed by atoms with Gasteiger partial charge in [-0.05, 0) is 19.0 Å². The molecule has 0 aliphatic heterocycles. The minimum atomic E-state index is -0.798. The van der Waals surface area contributed by atoms with Crippen molar-refractivity contribution in [3.63, 3.8) is 0 Å². The first kappa shape index (κ1) is 13.5. The lowest BCUT2D eigenvalue weighted by Crippen LogP contribution is -2.30. The number of rotatable bonds is 7. The molecule has 0 saturated carbocycles. The van der Waals surface area contributed by atoms with Gasteiger partial charge in [-0.2, -0.15) is 0 Å². The molecule has 0 bridgehead atoms. The summed E-state index contributed by atoms with van der Waals surface area (Å²) >= 11 is 0. The molecule has 1 aromatic carbocycles. The Kier molecular flexibility index (Phi) is 5.49. The highest BCUT2D eigenvalue weighted by molar-refractivity contribution is 5.69. The van der Waals surface area contributed by atoms with Gasteiger partial charge in [0.25, 0.3) is 0 Å². The van der Waals surface area contributed by atoms with E-state index < -0.39 is 5.97 Å². The Labute approximate surface area is 102 Å². The number of nitrogens with zero attached hydrogens (tertiary/aromatic N) is 1. The molecule has 4 heteroatoms. The summed E-state index contributed by atoms with van der Waals surface area (Å²) in [4.78, 5) is 12.7. The smallest absolute Gasteiger partial charge is 0.317 e. The molecule has 0 aromatic heterocycles. The SMILES string of the molecule is CCCN(CC(=O)O)Cc1ccccc1OC. The van der Waals surface area contributed by atoms with E-state index in [1.165, 1.54) is 0 Å². The summed E-state index contributed by atoms with van der Waals surface area (Å²) in [7, 11) is 1.63. The third-order valence-corrected chi connectivity index (χ3v) is 2.49. The van der Waals surface area contributed by atoms with Crippen LogP contribution in [-0.2, 0) is 11.3 Å². The Morgan fingerprint density at radius 3 is 2.71 bits per heavy atom. The van der Waals surface area contributed by atoms with E-state index >= 15 is 0 Å². The van der Waals surface area contributed by atoms with Gasteiger partial charge in [-0.25, -0.2) is 0 Å². The lowest BCUT2D eigenvalue weighted by Gasteiger charge is -2.20. The average molecular weight is 237 g/mol. The van der Waals surface area contributed by atoms with E-state index in [2.05, 4.69) is 0 Å². The van der Waals surface area contributed by atoms with E-state index in [0.29, 0.717) is 6.54 Å². The molecular formula is C13H19NO3. The number of benzene rings is 1. The highest BCUT2D eigenvalue weighted by Crippen LogP contribution is 2.19. The third kappa shape index (κ3) is 4.44. The number of hydrogen-bond acceptors (Lipinski definition) is 3. The van der Waals surface area contributed by atoms with Crippen LogP contribution in [0.5, 0.6) is 5.75 Å². The van der Waals surface area contributed by atoms with Crippen molar-refractivity contribution in [2.75, 3.05) is 20.2 Å². The predicted octanol–water partition coefficient (Wildman–Crippen LogP) is 1.99. The fourth-order valence-electron chi connectivity index (χ4n) is 1.80. The van der Waals surface area contributed by atoms with Gasteiger partial charge in [0.1, 0.15) is 5.75 Å². The van der Waals surface area contributed by atoms with Crippen LogP contribution in [0, 0.1) is 0 Å². The van der Waals surface area contributed by atoms with Gasteiger partial charge in [-0.1, -0.05) is 25.1 Å². The molecule has 0 radical (unpaired) electrons. The van der Waals surface area contributed by atoms with Crippen LogP contribution in [0.1, 0.15) is 18.9 Å². The van der Waals surface area contributed by atoms with Gasteiger partial charge in [-0.15, -0.1) is 0 Å². The highest BCUT2D eigenvalue weighted by atomic mass is 16.5. The summed E-state index contributed by atoms with van der Waals surface area (Å²) in [6.45, 7) is 3.47. The summed E-state index contributed by atoms with van der Waals surface area (Å²) < 4.78 is 5.26. The van der Waals surface area contributed by atoms with Crippen molar-refractivity contribution < 1.29 is 14.6 Å². The fraction of sp³-hybridized carbons (Fsp3) is 0.462. The summed E-state index contributed by atoms with van der Waals surface area (Å²) in [5.41, 5.74) is 1.02. The average Bonchev–Trinajstić information content (AvgIpc) is 2.29. The van der Waals surface area contributed by atoms with Crippen molar-refractivity contribution in [3.05, 3.63) is 29.8 Å². The fourth-order valence-corrected chi connectivity index (χ4v) is 1.80. The number of carboxylic acids is 1. The number of para-hydroxylation sites is 1. The zero-order chi connectivity index (χ0) is 12.7. The number of aliphatic carboxylic acids is 1. The molecule has 0 atom stereocenters. The summed E-state index contributed by atoms with van der Waals surface area (Å²) in [6, 6.07) is 7.69. The second-order valence-corrected chi connectivity index (χ2v) is 3.92. The molecule has 0 saturated heterocycles. The maximum absolute atomic E-state index is 10.8. The molecule has 0 fully saturated rings. The number of ether oxygens (including phenoxy) is 1. The van der Waals surface area contributed by atoms with Crippen molar-refractivity contribution in [2.24, 2.45) is 0 Å². The molecule has 1 N–H and O–H groups in total. The minimum Gasteiger partial charge on any atom is -0.496 e. The molecule has 0 aliphatic carbocycles. The number of carboxylic acid groups (broad SMARTS) is 1. The molecule has 1 rings (SSSR count). The van der Waals surface area contributed by atoms with E-state index in [9.17, 15) is 4.79 Å². The first-order valence-corrected chi connectivity index (χ1v) is 5.73. The number of hydrogen-bond donors (Lipinski definition) is 1. The molecular weight excluding hydrogens is 218 g/mol. The van der Waals surface area contributed by atoms with Crippen LogP contribution in [0.2, 0.25) is 0 Å². The molecule has 0 heterocycles. The van der Waals surface area contributed by atoms with Gasteiger partial charge in [-0.3, -0.25) is 9.69 Å². The lowest BCUT2D eigenvalue weighted by atomic mass is 10.2. The summed E-state index contributed by atoms with van der Waals surface area (Å²) in [5, 5.41) is 8.84. The zero-order valence-corrected chi connectivity index (χ0v) is 10.3. The third-order valence-electron chi connectivity index (χ3n) is 2.49. The summed E-state index contributed by atoms with van der Waals surface area (Å²) in [5.74, 6) is 0.00680. The highest BCUT2D eigenvalue weighted by Gasteiger charge is 2.11. The van der Waals surface area contributed by atoms with Gasteiger partial charge in [0, 0.05) is 12.1 Å². The van der Waals surface area contributed by atoms with Crippen LogP contribution >= 0.6 is 0 Å². The second kappa shape index (κ2) is 6.91. The molecule has 1 aromatic rings. The standard InChI is InChI=1S/C13H19NO3/c1-3-8-14(10-13(15)16)9-11-6-4-5-7-12(11)17-2/h4-7H,3,8-10H2,1-2H3,(H,15,16). The van der Waals surface area contributed by atoms with E-state index in [1.54, 1.807) is 7.11 Å². The van der Waals surface area contributed by atoms with Gasteiger partial charge >= 0.3 is 5.97 Å². The predicted molar refractivity (Wildman–Crippen MR) is 66.2 cm³/mol. The molecule has 0 spiro atoms. The van der Waals surface area contributed by atoms with Gasteiger partial charge in [0.15, 0.2) is 0 Å². The molecule has 0 amide bonds. The van der Waals surface area contributed by atoms with Crippen molar-refractivity contribution in [3.8, 4) is 5.75 Å². The van der Waals surface area contributed by atoms with Crippen LogP contribution in [0.3, 0.4) is 0 Å². The Hall–Kier alpha value is -1.55. The van der Waals surface area contributed by atoms with Crippen molar-refractivity contribution in [1.29, 1.82) is 0 Å². The Bertz CT molecular complexity index is 365. The quantitative estimate of drug-likeness (QED) is 0.788. The van der Waals surface area contributed by atoms with Crippen LogP contribution < -0.4 is 4.74 Å². The summed E-state index contributed by atoms with van der Waals surface area (Å²) in [6.07, 6.45) is 0.933. The molecule has 17 heavy (non-hydrogen) atoms. The van der Waals surface area contributed by atoms with E-state index in [0.717, 1.165) is 24.3 Å². The van der Waals surface area contributed by atoms with Crippen molar-refractivity contribution >= 4 is 5.97 Å². The normalized spacial score (nSPS) is 10.5. The molecule has 0 aliphatic rings. The van der Waals surface area contributed by atoms with Gasteiger partial charge in [0.05, 0.1) is 13.7 Å². The molecule has 0 unspecified atom stereocenters. The minimum absolute atomic E-state index is 0.0614. The van der Waals surface area contributed by atoms with Gasteiger partial charge < -0.3 is 9.84 Å².